The van der Waals surface area contributed by atoms with Gasteiger partial charge in [0.15, 0.2) is 0 Å². The van der Waals surface area contributed by atoms with Gasteiger partial charge in [0.1, 0.15) is 6.10 Å². The largest absolute Gasteiger partial charge is 0.378 e. The Labute approximate surface area is 67.6 Å². The van der Waals surface area contributed by atoms with E-state index in [2.05, 4.69) is 0 Å². The molecule has 2 saturated carbocycles. The van der Waals surface area contributed by atoms with Gasteiger partial charge in [-0.3, -0.25) is 0 Å². The molecule has 1 atom stereocenters. The van der Waals surface area contributed by atoms with Crippen molar-refractivity contribution in [2.24, 2.45) is 11.8 Å². The van der Waals surface area contributed by atoms with E-state index < -0.39 is 6.10 Å². The molecule has 0 aromatic rings. The molecule has 2 fully saturated rings. The highest BCUT2D eigenvalue weighted by Crippen LogP contribution is 2.33. The summed E-state index contributed by atoms with van der Waals surface area (Å²) in [5.41, 5.74) is 0. The molecule has 11 heavy (non-hydrogen) atoms. The standard InChI is InChI=1S/C9H15O2/c10-9(8-3-4-8)6-11-5-7-1-2-7/h7-9H,1-6H2. The van der Waals surface area contributed by atoms with E-state index in [0.717, 1.165) is 25.4 Å². The lowest BCUT2D eigenvalue weighted by molar-refractivity contribution is -0.0178. The molecule has 0 N–H and O–H groups in total. The van der Waals surface area contributed by atoms with Crippen molar-refractivity contribution >= 4 is 0 Å². The van der Waals surface area contributed by atoms with E-state index in [1.54, 1.807) is 0 Å². The van der Waals surface area contributed by atoms with Gasteiger partial charge in [0.25, 0.3) is 0 Å². The average molecular weight is 155 g/mol. The highest BCUT2D eigenvalue weighted by atomic mass is 16.5. The van der Waals surface area contributed by atoms with Gasteiger partial charge in [-0.2, -0.15) is 0 Å². The van der Waals surface area contributed by atoms with Gasteiger partial charge in [0, 0.05) is 6.61 Å². The summed E-state index contributed by atoms with van der Waals surface area (Å²) in [6.45, 7) is 1.30. The number of hydrogen-bond donors (Lipinski definition) is 0. The van der Waals surface area contributed by atoms with Crippen LogP contribution in [-0.4, -0.2) is 19.3 Å². The Morgan fingerprint density at radius 2 is 2.00 bits per heavy atom. The molecule has 2 rings (SSSR count). The minimum absolute atomic E-state index is 0.422. The van der Waals surface area contributed by atoms with Crippen molar-refractivity contribution in [2.75, 3.05) is 13.2 Å². The van der Waals surface area contributed by atoms with Gasteiger partial charge < -0.3 is 4.74 Å². The topological polar surface area (TPSA) is 29.1 Å². The third kappa shape index (κ3) is 2.46. The van der Waals surface area contributed by atoms with E-state index >= 15 is 0 Å². The number of ether oxygens (including phenoxy) is 1. The molecule has 0 amide bonds. The van der Waals surface area contributed by atoms with E-state index in [9.17, 15) is 5.11 Å². The molecule has 0 saturated heterocycles. The summed E-state index contributed by atoms with van der Waals surface area (Å²) in [6, 6.07) is 0. The third-order valence-corrected chi connectivity index (χ3v) is 2.48. The minimum Gasteiger partial charge on any atom is -0.378 e. The summed E-state index contributed by atoms with van der Waals surface area (Å²) in [5.74, 6) is 1.25. The Morgan fingerprint density at radius 3 is 2.55 bits per heavy atom. The van der Waals surface area contributed by atoms with Gasteiger partial charge in [-0.15, -0.1) is 0 Å². The fourth-order valence-electron chi connectivity index (χ4n) is 1.24. The molecule has 2 aliphatic carbocycles. The lowest BCUT2D eigenvalue weighted by atomic mass is 10.2. The zero-order chi connectivity index (χ0) is 7.68. The maximum atomic E-state index is 11.2. The molecule has 0 aromatic heterocycles. The highest BCUT2D eigenvalue weighted by Gasteiger charge is 2.31. The Kier molecular flexibility index (Phi) is 2.14. The van der Waals surface area contributed by atoms with Gasteiger partial charge in [-0.1, -0.05) is 0 Å². The molecule has 1 unspecified atom stereocenters. The van der Waals surface area contributed by atoms with Gasteiger partial charge in [0.05, 0.1) is 6.61 Å². The van der Waals surface area contributed by atoms with Crippen LogP contribution >= 0.6 is 0 Å². The average Bonchev–Trinajstić information content (AvgIpc) is 2.85. The Bertz CT molecular complexity index is 128. The first-order valence-electron chi connectivity index (χ1n) is 4.60. The summed E-state index contributed by atoms with van der Waals surface area (Å²) < 4.78 is 5.31. The van der Waals surface area contributed by atoms with E-state index in [0.29, 0.717) is 12.5 Å². The monoisotopic (exact) mass is 155 g/mol. The maximum absolute atomic E-state index is 11.2. The fraction of sp³-hybridized carbons (Fsp3) is 1.00. The zero-order valence-corrected chi connectivity index (χ0v) is 6.79. The van der Waals surface area contributed by atoms with Crippen molar-refractivity contribution in [3.05, 3.63) is 0 Å². The number of rotatable bonds is 5. The lowest BCUT2D eigenvalue weighted by Gasteiger charge is -2.06. The van der Waals surface area contributed by atoms with E-state index in [1.165, 1.54) is 12.8 Å². The van der Waals surface area contributed by atoms with Crippen LogP contribution in [0.5, 0.6) is 0 Å². The maximum Gasteiger partial charge on any atom is 0.119 e. The van der Waals surface area contributed by atoms with Crippen molar-refractivity contribution < 1.29 is 9.84 Å². The third-order valence-electron chi connectivity index (χ3n) is 2.48. The van der Waals surface area contributed by atoms with Crippen molar-refractivity contribution in [3.8, 4) is 0 Å². The van der Waals surface area contributed by atoms with Crippen LogP contribution < -0.4 is 0 Å². The van der Waals surface area contributed by atoms with Gasteiger partial charge in [-0.05, 0) is 37.5 Å². The summed E-state index contributed by atoms with van der Waals surface area (Å²) in [7, 11) is 0. The molecule has 2 aliphatic rings. The molecule has 0 heterocycles. The number of hydrogen-bond acceptors (Lipinski definition) is 1. The minimum atomic E-state index is -0.422. The fourth-order valence-corrected chi connectivity index (χ4v) is 1.24. The van der Waals surface area contributed by atoms with Crippen molar-refractivity contribution in [2.45, 2.75) is 31.8 Å². The van der Waals surface area contributed by atoms with E-state index in [4.69, 9.17) is 4.74 Å². The summed E-state index contributed by atoms with van der Waals surface area (Å²) in [6.07, 6.45) is 4.48. The van der Waals surface area contributed by atoms with Crippen LogP contribution in [0, 0.1) is 11.8 Å². The molecule has 2 nitrogen and oxygen atoms in total. The molecule has 63 valence electrons. The zero-order valence-electron chi connectivity index (χ0n) is 6.79. The molecule has 1 radical (unpaired) electrons. The van der Waals surface area contributed by atoms with Crippen LogP contribution in [0.2, 0.25) is 0 Å². The van der Waals surface area contributed by atoms with E-state index in [1.807, 2.05) is 0 Å². The first kappa shape index (κ1) is 7.56. The first-order chi connectivity index (χ1) is 5.36. The highest BCUT2D eigenvalue weighted by molar-refractivity contribution is 4.80. The second-order valence-electron chi connectivity index (χ2n) is 3.86. The van der Waals surface area contributed by atoms with Crippen molar-refractivity contribution in [1.82, 2.24) is 0 Å². The normalized spacial score (nSPS) is 27.0. The first-order valence-corrected chi connectivity index (χ1v) is 4.60. The predicted molar refractivity (Wildman–Crippen MR) is 40.7 cm³/mol. The van der Waals surface area contributed by atoms with Crippen LogP contribution in [0.4, 0.5) is 0 Å². The van der Waals surface area contributed by atoms with Gasteiger partial charge in [0.2, 0.25) is 0 Å². The molecule has 0 aromatic carbocycles. The summed E-state index contributed by atoms with van der Waals surface area (Å²) >= 11 is 0. The predicted octanol–water partition coefficient (Wildman–Crippen LogP) is 1.62. The summed E-state index contributed by atoms with van der Waals surface area (Å²) in [5, 5.41) is 11.2. The molecule has 0 aliphatic heterocycles. The van der Waals surface area contributed by atoms with Crippen LogP contribution in [-0.2, 0) is 9.84 Å². The smallest absolute Gasteiger partial charge is 0.119 e. The molecule has 0 bridgehead atoms. The van der Waals surface area contributed by atoms with Gasteiger partial charge >= 0.3 is 0 Å². The second-order valence-corrected chi connectivity index (χ2v) is 3.86. The van der Waals surface area contributed by atoms with Crippen LogP contribution in [0.15, 0.2) is 0 Å². The lowest BCUT2D eigenvalue weighted by Crippen LogP contribution is -2.16. The second kappa shape index (κ2) is 3.11. The van der Waals surface area contributed by atoms with Crippen LogP contribution in [0.1, 0.15) is 25.7 Å². The Balaban J connectivity index is 1.50. The van der Waals surface area contributed by atoms with E-state index in [-0.39, 0.29) is 0 Å². The SMILES string of the molecule is [O]C(COCC1CC1)C1CC1. The summed E-state index contributed by atoms with van der Waals surface area (Å²) in [4.78, 5) is 0. The molecular weight excluding hydrogens is 140 g/mol. The van der Waals surface area contributed by atoms with Crippen molar-refractivity contribution in [3.63, 3.8) is 0 Å². The molecular formula is C9H15O2. The molecule has 0 spiro atoms. The Morgan fingerprint density at radius 1 is 1.27 bits per heavy atom. The Hall–Kier alpha value is -0.0800. The van der Waals surface area contributed by atoms with Crippen LogP contribution in [0.25, 0.3) is 0 Å². The van der Waals surface area contributed by atoms with Crippen molar-refractivity contribution in [1.29, 1.82) is 0 Å². The molecule has 2 heteroatoms. The van der Waals surface area contributed by atoms with Gasteiger partial charge in [-0.25, -0.2) is 5.11 Å². The van der Waals surface area contributed by atoms with Crippen LogP contribution in [0.3, 0.4) is 0 Å². The quantitative estimate of drug-likeness (QED) is 0.593.